The first-order valence-electron chi connectivity index (χ1n) is 10.7. The van der Waals surface area contributed by atoms with Gasteiger partial charge in [-0.15, -0.1) is 0 Å². The average molecular weight is 397 g/mol. The molecule has 3 aromatic rings. The number of nitrogens with one attached hydrogen (secondary N) is 1. The highest BCUT2D eigenvalue weighted by atomic mass is 16.1. The minimum absolute atomic E-state index is 0.121. The van der Waals surface area contributed by atoms with Crippen LogP contribution in [0.15, 0.2) is 84.9 Å². The van der Waals surface area contributed by atoms with Crippen molar-refractivity contribution in [3.63, 3.8) is 0 Å². The predicted octanol–water partition coefficient (Wildman–Crippen LogP) is 5.99. The van der Waals surface area contributed by atoms with E-state index in [9.17, 15) is 4.79 Å². The van der Waals surface area contributed by atoms with Gasteiger partial charge in [-0.05, 0) is 72.5 Å². The van der Waals surface area contributed by atoms with Gasteiger partial charge >= 0.3 is 0 Å². The zero-order chi connectivity index (χ0) is 20.6. The summed E-state index contributed by atoms with van der Waals surface area (Å²) < 4.78 is 0. The topological polar surface area (TPSA) is 32.3 Å². The van der Waals surface area contributed by atoms with Crippen molar-refractivity contribution in [2.75, 3.05) is 18.4 Å². The van der Waals surface area contributed by atoms with E-state index in [1.165, 1.54) is 43.5 Å². The lowest BCUT2D eigenvalue weighted by molar-refractivity contribution is -0.111. The lowest BCUT2D eigenvalue weighted by atomic mass is 10.0. The molecular formula is C27H28N2O. The van der Waals surface area contributed by atoms with Gasteiger partial charge in [-0.2, -0.15) is 0 Å². The maximum Gasteiger partial charge on any atom is 0.248 e. The van der Waals surface area contributed by atoms with Crippen LogP contribution in [0.3, 0.4) is 0 Å². The van der Waals surface area contributed by atoms with Gasteiger partial charge in [-0.3, -0.25) is 9.69 Å². The molecule has 3 nitrogen and oxygen atoms in total. The van der Waals surface area contributed by atoms with Crippen molar-refractivity contribution in [3.05, 3.63) is 96.1 Å². The Balaban J connectivity index is 1.33. The Morgan fingerprint density at radius 3 is 2.33 bits per heavy atom. The molecule has 3 aromatic carbocycles. The molecule has 4 rings (SSSR count). The molecule has 1 aliphatic heterocycles. The first-order chi connectivity index (χ1) is 14.8. The van der Waals surface area contributed by atoms with Crippen LogP contribution in [0.25, 0.3) is 17.2 Å². The van der Waals surface area contributed by atoms with Crippen LogP contribution in [0, 0.1) is 0 Å². The van der Waals surface area contributed by atoms with Crippen LogP contribution in [0.1, 0.15) is 30.4 Å². The lowest BCUT2D eigenvalue weighted by Crippen LogP contribution is -2.29. The number of anilines is 1. The number of benzene rings is 3. The van der Waals surface area contributed by atoms with Gasteiger partial charge in [0.1, 0.15) is 0 Å². The summed E-state index contributed by atoms with van der Waals surface area (Å²) in [6.07, 6.45) is 7.40. The molecule has 30 heavy (non-hydrogen) atoms. The van der Waals surface area contributed by atoms with E-state index in [1.807, 2.05) is 48.5 Å². The summed E-state index contributed by atoms with van der Waals surface area (Å²) in [6.45, 7) is 3.37. The molecule has 3 heteroatoms. The monoisotopic (exact) mass is 396 g/mol. The quantitative estimate of drug-likeness (QED) is 0.519. The molecule has 0 atom stereocenters. The molecule has 1 saturated heterocycles. The van der Waals surface area contributed by atoms with Crippen molar-refractivity contribution in [1.82, 2.24) is 4.90 Å². The summed E-state index contributed by atoms with van der Waals surface area (Å²) in [5.74, 6) is -0.121. The molecule has 152 valence electrons. The highest BCUT2D eigenvalue weighted by molar-refractivity contribution is 6.02. The zero-order valence-corrected chi connectivity index (χ0v) is 17.3. The summed E-state index contributed by atoms with van der Waals surface area (Å²) >= 11 is 0. The van der Waals surface area contributed by atoms with Gasteiger partial charge in [0.05, 0.1) is 0 Å². The minimum Gasteiger partial charge on any atom is -0.323 e. The second kappa shape index (κ2) is 10.0. The fraction of sp³-hybridized carbons (Fsp3) is 0.222. The van der Waals surface area contributed by atoms with E-state index in [-0.39, 0.29) is 5.91 Å². The van der Waals surface area contributed by atoms with Gasteiger partial charge in [-0.25, -0.2) is 0 Å². The normalized spacial score (nSPS) is 14.7. The summed E-state index contributed by atoms with van der Waals surface area (Å²) in [5.41, 5.74) is 5.43. The summed E-state index contributed by atoms with van der Waals surface area (Å²) in [5, 5.41) is 2.95. The molecule has 1 fully saturated rings. The highest BCUT2D eigenvalue weighted by Gasteiger charge is 2.10. The van der Waals surface area contributed by atoms with E-state index >= 15 is 0 Å². The van der Waals surface area contributed by atoms with Gasteiger partial charge in [0.2, 0.25) is 5.91 Å². The molecular weight excluding hydrogens is 368 g/mol. The zero-order valence-electron chi connectivity index (χ0n) is 17.3. The first-order valence-corrected chi connectivity index (χ1v) is 10.7. The SMILES string of the molecule is O=C(C=Cc1cccc(-c2ccccc2)c1)Nc1ccc(CN2CCCCC2)cc1. The second-order valence-electron chi connectivity index (χ2n) is 7.85. The number of nitrogens with zero attached hydrogens (tertiary/aromatic N) is 1. The minimum atomic E-state index is -0.121. The second-order valence-corrected chi connectivity index (χ2v) is 7.85. The van der Waals surface area contributed by atoms with Crippen LogP contribution >= 0.6 is 0 Å². The highest BCUT2D eigenvalue weighted by Crippen LogP contribution is 2.21. The van der Waals surface area contributed by atoms with Crippen LogP contribution in [-0.2, 0) is 11.3 Å². The van der Waals surface area contributed by atoms with E-state index in [2.05, 4.69) is 46.6 Å². The third kappa shape index (κ3) is 5.68. The van der Waals surface area contributed by atoms with Crippen molar-refractivity contribution >= 4 is 17.7 Å². The molecule has 0 aliphatic carbocycles. The van der Waals surface area contributed by atoms with E-state index in [0.717, 1.165) is 23.4 Å². The molecule has 1 N–H and O–H groups in total. The number of piperidine rings is 1. The number of rotatable bonds is 6. The number of hydrogen-bond acceptors (Lipinski definition) is 2. The maximum atomic E-state index is 12.3. The van der Waals surface area contributed by atoms with E-state index in [4.69, 9.17) is 0 Å². The third-order valence-electron chi connectivity index (χ3n) is 5.50. The average Bonchev–Trinajstić information content (AvgIpc) is 2.80. The van der Waals surface area contributed by atoms with Gasteiger partial charge in [-0.1, -0.05) is 67.1 Å². The van der Waals surface area contributed by atoms with Crippen molar-refractivity contribution in [2.45, 2.75) is 25.8 Å². The molecule has 0 saturated carbocycles. The smallest absolute Gasteiger partial charge is 0.248 e. The van der Waals surface area contributed by atoms with Crippen molar-refractivity contribution in [3.8, 4) is 11.1 Å². The molecule has 1 amide bonds. The Morgan fingerprint density at radius 2 is 1.57 bits per heavy atom. The number of carbonyl (C=O) groups is 1. The van der Waals surface area contributed by atoms with Gasteiger partial charge < -0.3 is 5.32 Å². The van der Waals surface area contributed by atoms with Crippen LogP contribution in [0.5, 0.6) is 0 Å². The Bertz CT molecular complexity index is 987. The molecule has 0 unspecified atom stereocenters. The molecule has 0 spiro atoms. The largest absolute Gasteiger partial charge is 0.323 e. The van der Waals surface area contributed by atoms with E-state index < -0.39 is 0 Å². The van der Waals surface area contributed by atoms with Crippen molar-refractivity contribution in [2.24, 2.45) is 0 Å². The van der Waals surface area contributed by atoms with Crippen molar-refractivity contribution < 1.29 is 4.79 Å². The van der Waals surface area contributed by atoms with Gasteiger partial charge in [0.15, 0.2) is 0 Å². The molecule has 0 bridgehead atoms. The van der Waals surface area contributed by atoms with Crippen molar-refractivity contribution in [1.29, 1.82) is 0 Å². The van der Waals surface area contributed by atoms with E-state index in [0.29, 0.717) is 0 Å². The number of hydrogen-bond donors (Lipinski definition) is 1. The summed E-state index contributed by atoms with van der Waals surface area (Å²) in [7, 11) is 0. The molecule has 0 radical (unpaired) electrons. The first kappa shape index (κ1) is 20.1. The predicted molar refractivity (Wildman–Crippen MR) is 125 cm³/mol. The van der Waals surface area contributed by atoms with Crippen LogP contribution in [0.2, 0.25) is 0 Å². The molecule has 1 aliphatic rings. The molecule has 1 heterocycles. The number of carbonyl (C=O) groups excluding carboxylic acids is 1. The summed E-state index contributed by atoms with van der Waals surface area (Å²) in [6, 6.07) is 26.6. The Hall–Kier alpha value is -3.17. The number of amides is 1. The standard InChI is InChI=1S/C27H28N2O/c30-27(17-14-22-8-7-11-25(20-22)24-9-3-1-4-10-24)28-26-15-12-23(13-16-26)21-29-18-5-2-6-19-29/h1,3-4,7-17,20H,2,5-6,18-19,21H2,(H,28,30). The molecule has 0 aromatic heterocycles. The van der Waals surface area contributed by atoms with Gasteiger partial charge in [0.25, 0.3) is 0 Å². The fourth-order valence-electron chi connectivity index (χ4n) is 3.88. The van der Waals surface area contributed by atoms with Crippen LogP contribution in [0.4, 0.5) is 5.69 Å². The number of likely N-dealkylation sites (tertiary alicyclic amines) is 1. The van der Waals surface area contributed by atoms with Crippen LogP contribution in [-0.4, -0.2) is 23.9 Å². The Morgan fingerprint density at radius 1 is 0.833 bits per heavy atom. The van der Waals surface area contributed by atoms with Crippen LogP contribution < -0.4 is 5.32 Å². The third-order valence-corrected chi connectivity index (χ3v) is 5.50. The summed E-state index contributed by atoms with van der Waals surface area (Å²) in [4.78, 5) is 14.8. The Labute approximate surface area is 179 Å². The fourth-order valence-corrected chi connectivity index (χ4v) is 3.88. The van der Waals surface area contributed by atoms with Gasteiger partial charge in [0, 0.05) is 18.3 Å². The lowest BCUT2D eigenvalue weighted by Gasteiger charge is -2.26. The van der Waals surface area contributed by atoms with E-state index in [1.54, 1.807) is 6.08 Å². The Kier molecular flexibility index (Phi) is 6.73. The maximum absolute atomic E-state index is 12.3.